The number of hydrogen-bond donors (Lipinski definition) is 1. The summed E-state index contributed by atoms with van der Waals surface area (Å²) in [6.45, 7) is 5.43. The van der Waals surface area contributed by atoms with Gasteiger partial charge in [0.25, 0.3) is 0 Å². The molecule has 4 rings (SSSR count). The van der Waals surface area contributed by atoms with E-state index in [1.165, 1.54) is 0 Å². The fraction of sp³-hybridized carbons (Fsp3) is 0.364. The first-order valence-corrected chi connectivity index (χ1v) is 10.3. The molecule has 2 amide bonds. The minimum atomic E-state index is -0.370. The number of nitrogens with one attached hydrogen (secondary N) is 1. The first-order chi connectivity index (χ1) is 14.6. The van der Waals surface area contributed by atoms with Crippen LogP contribution in [0.1, 0.15) is 42.5 Å². The molecule has 0 unspecified atom stereocenters. The van der Waals surface area contributed by atoms with Crippen LogP contribution in [0.5, 0.6) is 0 Å². The van der Waals surface area contributed by atoms with Crippen molar-refractivity contribution >= 4 is 28.9 Å². The van der Waals surface area contributed by atoms with Crippen molar-refractivity contribution in [1.29, 1.82) is 0 Å². The molecule has 156 valence electrons. The van der Waals surface area contributed by atoms with E-state index < -0.39 is 0 Å². The predicted octanol–water partition coefficient (Wildman–Crippen LogP) is 3.65. The van der Waals surface area contributed by atoms with E-state index in [2.05, 4.69) is 21.8 Å². The molecular formula is C22H25N5O3. The Balaban J connectivity index is 1.44. The zero-order valence-corrected chi connectivity index (χ0v) is 17.2. The highest BCUT2D eigenvalue weighted by Gasteiger charge is 2.30. The number of ether oxygens (including phenoxy) is 1. The van der Waals surface area contributed by atoms with Crippen LogP contribution in [-0.4, -0.2) is 51.1 Å². The molecule has 3 aromatic rings. The van der Waals surface area contributed by atoms with Crippen molar-refractivity contribution in [2.24, 2.45) is 0 Å². The van der Waals surface area contributed by atoms with Gasteiger partial charge in [0.1, 0.15) is 11.3 Å². The number of esters is 1. The van der Waals surface area contributed by atoms with Gasteiger partial charge in [0.2, 0.25) is 0 Å². The Morgan fingerprint density at radius 2 is 2.00 bits per heavy atom. The molecule has 1 saturated heterocycles. The Bertz CT molecular complexity index is 1060. The lowest BCUT2D eigenvalue weighted by Crippen LogP contribution is -2.33. The second kappa shape index (κ2) is 8.52. The van der Waals surface area contributed by atoms with Gasteiger partial charge in [-0.1, -0.05) is 6.92 Å². The van der Waals surface area contributed by atoms with Crippen LogP contribution in [0, 0.1) is 0 Å². The summed E-state index contributed by atoms with van der Waals surface area (Å²) in [6.07, 6.45) is 3.44. The Labute approximate surface area is 174 Å². The van der Waals surface area contributed by atoms with Crippen LogP contribution in [0.2, 0.25) is 0 Å². The lowest BCUT2D eigenvalue weighted by atomic mass is 10.2. The third-order valence-electron chi connectivity index (χ3n) is 5.30. The SMILES string of the molecule is CCOC(=O)c1ccc(NC(=O)N2CC[C@H](n3c(CC)nc4cccnc43)C2)cc1. The molecule has 1 N–H and O–H groups in total. The van der Waals surface area contributed by atoms with Crippen LogP contribution in [0.15, 0.2) is 42.6 Å². The quantitative estimate of drug-likeness (QED) is 0.652. The number of carbonyl (C=O) groups excluding carboxylic acids is 2. The zero-order valence-electron chi connectivity index (χ0n) is 17.2. The number of imidazole rings is 1. The lowest BCUT2D eigenvalue weighted by Gasteiger charge is -2.19. The second-order valence-corrected chi connectivity index (χ2v) is 7.21. The van der Waals surface area contributed by atoms with Gasteiger partial charge in [0, 0.05) is 31.4 Å². The summed E-state index contributed by atoms with van der Waals surface area (Å²) in [6, 6.07) is 10.6. The number of anilines is 1. The number of fused-ring (bicyclic) bond motifs is 1. The van der Waals surface area contributed by atoms with Gasteiger partial charge in [-0.05, 0) is 49.7 Å². The maximum atomic E-state index is 12.8. The number of urea groups is 1. The van der Waals surface area contributed by atoms with E-state index in [-0.39, 0.29) is 18.0 Å². The van der Waals surface area contributed by atoms with Crippen LogP contribution >= 0.6 is 0 Å². The van der Waals surface area contributed by atoms with Crippen LogP contribution in [0.4, 0.5) is 10.5 Å². The summed E-state index contributed by atoms with van der Waals surface area (Å²) >= 11 is 0. The summed E-state index contributed by atoms with van der Waals surface area (Å²) < 4.78 is 7.16. The molecule has 2 aromatic heterocycles. The van der Waals surface area contributed by atoms with E-state index in [9.17, 15) is 9.59 Å². The van der Waals surface area contributed by atoms with Gasteiger partial charge in [0.15, 0.2) is 5.65 Å². The Morgan fingerprint density at radius 3 is 2.73 bits per heavy atom. The third-order valence-corrected chi connectivity index (χ3v) is 5.30. The number of carbonyl (C=O) groups is 2. The second-order valence-electron chi connectivity index (χ2n) is 7.21. The molecule has 1 aliphatic rings. The molecule has 0 aliphatic carbocycles. The van der Waals surface area contributed by atoms with Gasteiger partial charge in [0.05, 0.1) is 18.2 Å². The highest BCUT2D eigenvalue weighted by molar-refractivity contribution is 5.92. The highest BCUT2D eigenvalue weighted by atomic mass is 16.5. The number of hydrogen-bond acceptors (Lipinski definition) is 5. The van der Waals surface area contributed by atoms with Gasteiger partial charge in [-0.25, -0.2) is 19.6 Å². The van der Waals surface area contributed by atoms with E-state index in [0.717, 1.165) is 29.8 Å². The van der Waals surface area contributed by atoms with Crippen LogP contribution in [0.25, 0.3) is 11.2 Å². The van der Waals surface area contributed by atoms with Gasteiger partial charge in [-0.15, -0.1) is 0 Å². The Kier molecular flexibility index (Phi) is 5.65. The smallest absolute Gasteiger partial charge is 0.338 e. The van der Waals surface area contributed by atoms with Gasteiger partial charge >= 0.3 is 12.0 Å². The van der Waals surface area contributed by atoms with E-state index in [1.807, 2.05) is 12.1 Å². The molecule has 30 heavy (non-hydrogen) atoms. The number of aryl methyl sites for hydroxylation is 1. The zero-order chi connectivity index (χ0) is 21.1. The average Bonchev–Trinajstić information content (AvgIpc) is 3.38. The molecule has 1 aliphatic heterocycles. The normalized spacial score (nSPS) is 16.1. The van der Waals surface area contributed by atoms with E-state index in [1.54, 1.807) is 42.3 Å². The van der Waals surface area contributed by atoms with Crippen molar-refractivity contribution in [1.82, 2.24) is 19.4 Å². The number of pyridine rings is 1. The van der Waals surface area contributed by atoms with E-state index in [0.29, 0.717) is 30.9 Å². The maximum absolute atomic E-state index is 12.8. The number of likely N-dealkylation sites (tertiary alicyclic amines) is 1. The van der Waals surface area contributed by atoms with E-state index >= 15 is 0 Å². The largest absolute Gasteiger partial charge is 0.462 e. The molecule has 0 bridgehead atoms. The maximum Gasteiger partial charge on any atom is 0.338 e. The van der Waals surface area contributed by atoms with Gasteiger partial charge in [-0.3, -0.25) is 0 Å². The van der Waals surface area contributed by atoms with Gasteiger partial charge < -0.3 is 19.5 Å². The summed E-state index contributed by atoms with van der Waals surface area (Å²) in [5.74, 6) is 0.621. The fourth-order valence-corrected chi connectivity index (χ4v) is 3.85. The molecule has 1 atom stereocenters. The number of benzene rings is 1. The minimum absolute atomic E-state index is 0.150. The van der Waals surface area contributed by atoms with Crippen LogP contribution < -0.4 is 5.32 Å². The monoisotopic (exact) mass is 407 g/mol. The fourth-order valence-electron chi connectivity index (χ4n) is 3.85. The molecule has 1 aromatic carbocycles. The van der Waals surface area contributed by atoms with Crippen molar-refractivity contribution in [2.45, 2.75) is 32.7 Å². The molecule has 1 fully saturated rings. The van der Waals surface area contributed by atoms with Crippen LogP contribution in [0.3, 0.4) is 0 Å². The molecular weight excluding hydrogens is 382 g/mol. The molecule has 8 nitrogen and oxygen atoms in total. The minimum Gasteiger partial charge on any atom is -0.462 e. The first-order valence-electron chi connectivity index (χ1n) is 10.3. The summed E-state index contributed by atoms with van der Waals surface area (Å²) in [5.41, 5.74) is 2.86. The highest BCUT2D eigenvalue weighted by Crippen LogP contribution is 2.28. The molecule has 0 spiro atoms. The topological polar surface area (TPSA) is 89.4 Å². The summed E-state index contributed by atoms with van der Waals surface area (Å²) in [5, 5.41) is 2.91. The van der Waals surface area contributed by atoms with Crippen molar-refractivity contribution in [3.63, 3.8) is 0 Å². The number of rotatable bonds is 5. The predicted molar refractivity (Wildman–Crippen MR) is 114 cm³/mol. The first kappa shape index (κ1) is 19.9. The molecule has 0 saturated carbocycles. The van der Waals surface area contributed by atoms with Crippen molar-refractivity contribution in [3.8, 4) is 0 Å². The summed E-state index contributed by atoms with van der Waals surface area (Å²) in [4.78, 5) is 35.5. The van der Waals surface area contributed by atoms with Crippen LogP contribution in [-0.2, 0) is 11.2 Å². The summed E-state index contributed by atoms with van der Waals surface area (Å²) in [7, 11) is 0. The molecule has 3 heterocycles. The number of aromatic nitrogens is 3. The average molecular weight is 407 g/mol. The van der Waals surface area contributed by atoms with Gasteiger partial charge in [-0.2, -0.15) is 0 Å². The Morgan fingerprint density at radius 1 is 1.20 bits per heavy atom. The standard InChI is InChI=1S/C22H25N5O3/c1-3-19-25-18-6-5-12-23-20(18)27(19)17-11-13-26(14-17)22(29)24-16-9-7-15(8-10-16)21(28)30-4-2/h5-10,12,17H,3-4,11,13-14H2,1-2H3,(H,24,29)/t17-/m0/s1. The van der Waals surface area contributed by atoms with Crippen molar-refractivity contribution < 1.29 is 14.3 Å². The van der Waals surface area contributed by atoms with Crippen molar-refractivity contribution in [3.05, 3.63) is 54.0 Å². The Hall–Kier alpha value is -3.42. The van der Waals surface area contributed by atoms with Crippen molar-refractivity contribution in [2.75, 3.05) is 25.0 Å². The van der Waals surface area contributed by atoms with E-state index in [4.69, 9.17) is 9.72 Å². The third kappa shape index (κ3) is 3.85. The molecule has 0 radical (unpaired) electrons. The number of nitrogens with zero attached hydrogens (tertiary/aromatic N) is 4. The molecule has 8 heteroatoms. The number of amides is 2. The lowest BCUT2D eigenvalue weighted by molar-refractivity contribution is 0.0526.